The van der Waals surface area contributed by atoms with Gasteiger partial charge >= 0.3 is 6.18 Å². The van der Waals surface area contributed by atoms with E-state index >= 15 is 0 Å². The fourth-order valence-corrected chi connectivity index (χ4v) is 4.46. The molecule has 7 N–H and O–H groups in total. The number of pyridine rings is 2. The highest BCUT2D eigenvalue weighted by atomic mass is 79.9. The average molecular weight is 561 g/mol. The number of carbonyl (C=O) groups is 1. The van der Waals surface area contributed by atoms with Gasteiger partial charge in [0.15, 0.2) is 0 Å². The number of aliphatic hydroxyl groups excluding tert-OH is 1. The molecule has 0 saturated carbocycles. The maximum atomic E-state index is 13.8. The van der Waals surface area contributed by atoms with Crippen molar-refractivity contribution < 1.29 is 23.1 Å². The summed E-state index contributed by atoms with van der Waals surface area (Å²) in [6, 6.07) is 6.31. The lowest BCUT2D eigenvalue weighted by molar-refractivity contribution is -0.137. The van der Waals surface area contributed by atoms with Crippen LogP contribution >= 0.6 is 28.1 Å². The molecule has 1 fully saturated rings. The smallest absolute Gasteiger partial charge is 0.398 e. The molecule has 3 rings (SSSR count). The van der Waals surface area contributed by atoms with Gasteiger partial charge in [-0.3, -0.25) is 4.79 Å². The number of amides is 1. The first-order valence-electron chi connectivity index (χ1n) is 10.4. The maximum absolute atomic E-state index is 13.8. The highest BCUT2D eigenvalue weighted by Gasteiger charge is 2.36. The van der Waals surface area contributed by atoms with Crippen molar-refractivity contribution in [2.75, 3.05) is 24.5 Å². The van der Waals surface area contributed by atoms with Crippen molar-refractivity contribution in [2.24, 2.45) is 11.5 Å². The Morgan fingerprint density at radius 3 is 2.65 bits per heavy atom. The van der Waals surface area contributed by atoms with Crippen molar-refractivity contribution in [3.63, 3.8) is 0 Å². The predicted octanol–water partition coefficient (Wildman–Crippen LogP) is 3.00. The number of alkyl halides is 3. The number of nitrogens with one attached hydrogen (secondary N) is 2. The number of nitrogens with two attached hydrogens (primary N) is 2. The van der Waals surface area contributed by atoms with Crippen LogP contribution in [0.3, 0.4) is 0 Å². The number of nitrogens with zero attached hydrogens (tertiary/aromatic N) is 2. The molecule has 0 radical (unpaired) electrons. The molecule has 1 amide bonds. The summed E-state index contributed by atoms with van der Waals surface area (Å²) in [5, 5.41) is 13.6. The molecule has 0 spiro atoms. The van der Waals surface area contributed by atoms with Crippen LogP contribution in [0.2, 0.25) is 0 Å². The van der Waals surface area contributed by atoms with Gasteiger partial charge in [0.25, 0.3) is 0 Å². The van der Waals surface area contributed by atoms with Crippen LogP contribution in [0.4, 0.5) is 19.0 Å². The van der Waals surface area contributed by atoms with Crippen LogP contribution in [0.15, 0.2) is 34.9 Å². The number of anilines is 1. The summed E-state index contributed by atoms with van der Waals surface area (Å²) in [6.07, 6.45) is -3.52. The van der Waals surface area contributed by atoms with Crippen LogP contribution in [0.25, 0.3) is 5.70 Å². The van der Waals surface area contributed by atoms with Crippen LogP contribution in [0, 0.1) is 4.64 Å². The van der Waals surface area contributed by atoms with Crippen LogP contribution in [-0.4, -0.2) is 46.7 Å². The first-order valence-corrected chi connectivity index (χ1v) is 11.6. The fourth-order valence-electron chi connectivity index (χ4n) is 3.77. The van der Waals surface area contributed by atoms with Gasteiger partial charge in [-0.05, 0) is 47.0 Å². The molecule has 1 aliphatic rings. The lowest BCUT2D eigenvalue weighted by Crippen LogP contribution is -2.44. The topological polar surface area (TPSA) is 133 Å². The second-order valence-corrected chi connectivity index (χ2v) is 9.06. The number of piperidine rings is 1. The zero-order valence-electron chi connectivity index (χ0n) is 17.9. The van der Waals surface area contributed by atoms with Crippen molar-refractivity contribution in [2.45, 2.75) is 31.2 Å². The summed E-state index contributed by atoms with van der Waals surface area (Å²) < 4.78 is 41.7. The minimum Gasteiger partial charge on any atom is -0.398 e. The van der Waals surface area contributed by atoms with Gasteiger partial charge in [0.2, 0.25) is 5.91 Å². The predicted molar refractivity (Wildman–Crippen MR) is 128 cm³/mol. The van der Waals surface area contributed by atoms with Crippen LogP contribution in [0.1, 0.15) is 35.8 Å². The summed E-state index contributed by atoms with van der Waals surface area (Å²) in [4.78, 5) is 19.9. The number of aliphatic hydroxyl groups is 1. The van der Waals surface area contributed by atoms with E-state index in [1.807, 2.05) is 0 Å². The van der Waals surface area contributed by atoms with E-state index in [0.29, 0.717) is 48.8 Å². The average Bonchev–Trinajstić information content (AvgIpc) is 2.76. The second-order valence-electron chi connectivity index (χ2n) is 7.84. The molecular weight excluding hydrogens is 537 g/mol. The van der Waals surface area contributed by atoms with Gasteiger partial charge in [-0.15, -0.1) is 0 Å². The Balaban J connectivity index is 1.69. The molecule has 1 saturated heterocycles. The van der Waals surface area contributed by atoms with Crippen LogP contribution in [0.5, 0.6) is 0 Å². The highest BCUT2D eigenvalue weighted by molar-refractivity contribution is 9.10. The third-order valence-electron chi connectivity index (χ3n) is 5.42. The van der Waals surface area contributed by atoms with Gasteiger partial charge in [0.1, 0.15) is 21.2 Å². The number of rotatable bonds is 7. The Morgan fingerprint density at radius 1 is 1.38 bits per heavy atom. The lowest BCUT2D eigenvalue weighted by Gasteiger charge is -2.34. The van der Waals surface area contributed by atoms with Crippen LogP contribution < -0.4 is 21.7 Å². The Labute approximate surface area is 207 Å². The van der Waals surface area contributed by atoms with E-state index in [9.17, 15) is 23.1 Å². The Kier molecular flexibility index (Phi) is 8.34. The van der Waals surface area contributed by atoms with E-state index in [2.05, 4.69) is 31.2 Å². The molecule has 13 heteroatoms. The Bertz CT molecular complexity index is 1130. The second kappa shape index (κ2) is 10.8. The molecule has 2 aromatic heterocycles. The fraction of sp³-hybridized carbons (Fsp3) is 0.381. The third-order valence-corrected chi connectivity index (χ3v) is 6.17. The minimum atomic E-state index is -4.74. The summed E-state index contributed by atoms with van der Waals surface area (Å²) in [7, 11) is 0. The Morgan fingerprint density at radius 2 is 2.06 bits per heavy atom. The van der Waals surface area contributed by atoms with Crippen molar-refractivity contribution in [1.82, 2.24) is 15.3 Å². The molecule has 1 aliphatic heterocycles. The number of H-pyrrole nitrogens is 1. The molecule has 8 nitrogen and oxygen atoms in total. The maximum Gasteiger partial charge on any atom is 0.417 e. The number of carbonyl (C=O) groups excluding carboxylic acids is 1. The number of aromatic nitrogens is 2. The summed E-state index contributed by atoms with van der Waals surface area (Å²) in [6.45, 7) is 1.24. The number of hydrogen-bond acceptors (Lipinski definition) is 7. The lowest BCUT2D eigenvalue weighted by atomic mass is 10.0. The molecule has 1 unspecified atom stereocenters. The molecule has 1 atom stereocenters. The molecule has 0 bridgehead atoms. The minimum absolute atomic E-state index is 0.0801. The van der Waals surface area contributed by atoms with E-state index in [-0.39, 0.29) is 16.5 Å². The summed E-state index contributed by atoms with van der Waals surface area (Å²) >= 11 is 8.41. The molecule has 0 aliphatic carbocycles. The third kappa shape index (κ3) is 6.56. The molecule has 184 valence electrons. The van der Waals surface area contributed by atoms with E-state index < -0.39 is 35.0 Å². The monoisotopic (exact) mass is 560 g/mol. The quantitative estimate of drug-likeness (QED) is 0.200. The molecule has 2 aromatic rings. The van der Waals surface area contributed by atoms with Crippen molar-refractivity contribution in [3.8, 4) is 0 Å². The van der Waals surface area contributed by atoms with Gasteiger partial charge in [0.05, 0.1) is 11.3 Å². The molecule has 0 aromatic carbocycles. The molecule has 3 heterocycles. The first-order chi connectivity index (χ1) is 16.0. The molecule has 34 heavy (non-hydrogen) atoms. The number of hydrogen-bond donors (Lipinski definition) is 5. The SMILES string of the molecule is NC(=O)/C=C(\N)c1c(C(F)(F)F)cc(N2CCC(NCC(O)c3cccc(Br)n3)CC2)[nH]c1=S. The van der Waals surface area contributed by atoms with Crippen molar-refractivity contribution in [3.05, 3.63) is 56.4 Å². The van der Waals surface area contributed by atoms with E-state index in [1.165, 1.54) is 0 Å². The largest absolute Gasteiger partial charge is 0.417 e. The number of primary amides is 1. The zero-order chi connectivity index (χ0) is 25.0. The molecular formula is C21H24BrF3N6O2S. The van der Waals surface area contributed by atoms with Gasteiger partial charge in [-0.25, -0.2) is 4.98 Å². The standard InChI is InChI=1S/C21H24BrF3N6O2S/c22-16-3-1-2-14(29-16)15(32)10-28-11-4-6-31(7-5-11)18-8-12(21(23,24)25)19(20(34)30-18)13(26)9-17(27)33/h1-3,8-9,11,15,28,32H,4-7,10,26H2,(H2,27,33)(H,30,34)/b13-9-. The first kappa shape index (κ1) is 26.1. The van der Waals surface area contributed by atoms with Gasteiger partial charge < -0.3 is 31.8 Å². The number of aromatic amines is 1. The van der Waals surface area contributed by atoms with Crippen molar-refractivity contribution in [1.29, 1.82) is 0 Å². The summed E-state index contributed by atoms with van der Waals surface area (Å²) in [5.74, 6) is -0.760. The van der Waals surface area contributed by atoms with Gasteiger partial charge in [-0.1, -0.05) is 18.3 Å². The summed E-state index contributed by atoms with van der Waals surface area (Å²) in [5.41, 5.74) is 9.28. The highest BCUT2D eigenvalue weighted by Crippen LogP contribution is 2.36. The van der Waals surface area contributed by atoms with E-state index in [0.717, 1.165) is 6.07 Å². The number of halogens is 4. The normalized spacial score (nSPS) is 16.5. The van der Waals surface area contributed by atoms with E-state index in [1.54, 1.807) is 23.1 Å². The van der Waals surface area contributed by atoms with Gasteiger partial charge in [-0.2, -0.15) is 13.2 Å². The zero-order valence-corrected chi connectivity index (χ0v) is 20.3. The van der Waals surface area contributed by atoms with E-state index in [4.69, 9.17) is 23.7 Å². The Hall–Kier alpha value is -2.48. The van der Waals surface area contributed by atoms with Gasteiger partial charge in [0, 0.05) is 43.0 Å². The van der Waals surface area contributed by atoms with Crippen molar-refractivity contribution >= 4 is 45.6 Å². The van der Waals surface area contributed by atoms with Crippen LogP contribution in [-0.2, 0) is 11.0 Å².